The molecule has 168 valence electrons. The SMILES string of the molecule is Cc1cc(C(=O)NCc2ccc(CN)cc2)c(C)n1Cc1cccc(N2CCOCC2)n1. The molecule has 1 aliphatic heterocycles. The van der Waals surface area contributed by atoms with E-state index in [0.717, 1.165) is 60.3 Å². The number of rotatable bonds is 7. The number of ether oxygens (including phenoxy) is 1. The Labute approximate surface area is 189 Å². The van der Waals surface area contributed by atoms with Gasteiger partial charge in [-0.1, -0.05) is 30.3 Å². The first-order valence-electron chi connectivity index (χ1n) is 11.1. The largest absolute Gasteiger partial charge is 0.378 e. The Morgan fingerprint density at radius 3 is 2.53 bits per heavy atom. The van der Waals surface area contributed by atoms with Gasteiger partial charge in [-0.15, -0.1) is 0 Å². The number of aromatic nitrogens is 2. The highest BCUT2D eigenvalue weighted by Gasteiger charge is 2.17. The molecule has 32 heavy (non-hydrogen) atoms. The minimum Gasteiger partial charge on any atom is -0.378 e. The van der Waals surface area contributed by atoms with Crippen LogP contribution < -0.4 is 16.0 Å². The van der Waals surface area contributed by atoms with Crippen LogP contribution in [0, 0.1) is 13.8 Å². The van der Waals surface area contributed by atoms with Crippen LogP contribution >= 0.6 is 0 Å². The van der Waals surface area contributed by atoms with Gasteiger partial charge in [0.2, 0.25) is 0 Å². The third-order valence-electron chi connectivity index (χ3n) is 5.98. The van der Waals surface area contributed by atoms with Gasteiger partial charge in [-0.2, -0.15) is 0 Å². The molecule has 1 saturated heterocycles. The van der Waals surface area contributed by atoms with E-state index in [1.807, 2.05) is 62.4 Å². The number of anilines is 1. The highest BCUT2D eigenvalue weighted by atomic mass is 16.5. The minimum absolute atomic E-state index is 0.0673. The fourth-order valence-electron chi connectivity index (χ4n) is 4.03. The molecule has 7 heteroatoms. The summed E-state index contributed by atoms with van der Waals surface area (Å²) in [6, 6.07) is 16.1. The van der Waals surface area contributed by atoms with Gasteiger partial charge in [0.1, 0.15) is 5.82 Å². The molecular weight excluding hydrogens is 402 g/mol. The molecule has 2 aromatic heterocycles. The number of nitrogens with two attached hydrogens (primary N) is 1. The molecule has 3 aromatic rings. The summed E-state index contributed by atoms with van der Waals surface area (Å²) in [6.45, 7) is 8.83. The first-order chi connectivity index (χ1) is 15.5. The van der Waals surface area contributed by atoms with Gasteiger partial charge in [-0.25, -0.2) is 4.98 Å². The molecule has 0 unspecified atom stereocenters. The van der Waals surface area contributed by atoms with Crippen LogP contribution in [0.3, 0.4) is 0 Å². The zero-order chi connectivity index (χ0) is 22.5. The standard InChI is InChI=1S/C25H31N5O2/c1-18-14-23(25(31)27-16-21-8-6-20(15-26)7-9-21)19(2)30(18)17-22-4-3-5-24(28-22)29-10-12-32-13-11-29/h3-9,14H,10-13,15-17,26H2,1-2H3,(H,27,31). The van der Waals surface area contributed by atoms with Crippen LogP contribution in [0.15, 0.2) is 48.5 Å². The zero-order valence-electron chi connectivity index (χ0n) is 18.8. The molecule has 1 fully saturated rings. The Morgan fingerprint density at radius 1 is 1.09 bits per heavy atom. The van der Waals surface area contributed by atoms with Gasteiger partial charge >= 0.3 is 0 Å². The van der Waals surface area contributed by atoms with Gasteiger partial charge in [0, 0.05) is 37.6 Å². The van der Waals surface area contributed by atoms with E-state index in [1.54, 1.807) is 0 Å². The number of pyridine rings is 1. The Hall–Kier alpha value is -3.16. The lowest BCUT2D eigenvalue weighted by Crippen LogP contribution is -2.36. The average Bonchev–Trinajstić information content (AvgIpc) is 3.12. The summed E-state index contributed by atoms with van der Waals surface area (Å²) < 4.78 is 7.59. The van der Waals surface area contributed by atoms with Crippen molar-refractivity contribution in [2.45, 2.75) is 33.5 Å². The van der Waals surface area contributed by atoms with Crippen molar-refractivity contribution in [1.29, 1.82) is 0 Å². The number of nitrogens with zero attached hydrogens (tertiary/aromatic N) is 3. The van der Waals surface area contributed by atoms with Gasteiger partial charge in [-0.3, -0.25) is 4.79 Å². The van der Waals surface area contributed by atoms with Gasteiger partial charge in [0.05, 0.1) is 31.0 Å². The van der Waals surface area contributed by atoms with Crippen molar-refractivity contribution in [2.75, 3.05) is 31.2 Å². The minimum atomic E-state index is -0.0673. The highest BCUT2D eigenvalue weighted by Crippen LogP contribution is 2.19. The van der Waals surface area contributed by atoms with E-state index < -0.39 is 0 Å². The summed E-state index contributed by atoms with van der Waals surface area (Å²) in [7, 11) is 0. The maximum atomic E-state index is 12.9. The number of morpholine rings is 1. The van der Waals surface area contributed by atoms with Crippen LogP contribution in [-0.4, -0.2) is 41.8 Å². The molecule has 3 N–H and O–H groups in total. The van der Waals surface area contributed by atoms with Gasteiger partial charge in [-0.05, 0) is 43.2 Å². The second kappa shape index (κ2) is 9.97. The number of benzene rings is 1. The summed E-state index contributed by atoms with van der Waals surface area (Å²) in [5, 5.41) is 3.03. The summed E-state index contributed by atoms with van der Waals surface area (Å²) >= 11 is 0. The lowest BCUT2D eigenvalue weighted by Gasteiger charge is -2.28. The van der Waals surface area contributed by atoms with Crippen molar-refractivity contribution in [3.8, 4) is 0 Å². The van der Waals surface area contributed by atoms with E-state index in [4.69, 9.17) is 15.5 Å². The first-order valence-corrected chi connectivity index (χ1v) is 11.1. The molecule has 1 aromatic carbocycles. The Kier molecular flexibility index (Phi) is 6.87. The molecule has 1 amide bonds. The van der Waals surface area contributed by atoms with Crippen molar-refractivity contribution in [3.05, 3.63) is 82.3 Å². The van der Waals surface area contributed by atoms with Crippen LogP contribution in [0.25, 0.3) is 0 Å². The predicted molar refractivity (Wildman–Crippen MR) is 126 cm³/mol. The second-order valence-corrected chi connectivity index (χ2v) is 8.16. The number of nitrogens with one attached hydrogen (secondary N) is 1. The van der Waals surface area contributed by atoms with Crippen LogP contribution in [0.4, 0.5) is 5.82 Å². The van der Waals surface area contributed by atoms with Crippen LogP contribution in [0.5, 0.6) is 0 Å². The molecule has 4 rings (SSSR count). The number of aryl methyl sites for hydroxylation is 1. The third kappa shape index (κ3) is 5.00. The average molecular weight is 434 g/mol. The van der Waals surface area contributed by atoms with Crippen molar-refractivity contribution >= 4 is 11.7 Å². The molecule has 0 spiro atoms. The fourth-order valence-corrected chi connectivity index (χ4v) is 4.03. The fraction of sp³-hybridized carbons (Fsp3) is 0.360. The van der Waals surface area contributed by atoms with Crippen LogP contribution in [0.1, 0.15) is 38.6 Å². The lowest BCUT2D eigenvalue weighted by atomic mass is 10.1. The van der Waals surface area contributed by atoms with E-state index in [0.29, 0.717) is 25.2 Å². The molecule has 1 aliphatic rings. The van der Waals surface area contributed by atoms with Crippen LogP contribution in [0.2, 0.25) is 0 Å². The monoisotopic (exact) mass is 433 g/mol. The van der Waals surface area contributed by atoms with E-state index in [-0.39, 0.29) is 5.91 Å². The second-order valence-electron chi connectivity index (χ2n) is 8.16. The molecule has 0 saturated carbocycles. The highest BCUT2D eigenvalue weighted by molar-refractivity contribution is 5.95. The molecule has 0 bridgehead atoms. The molecule has 0 atom stereocenters. The smallest absolute Gasteiger partial charge is 0.253 e. The molecule has 7 nitrogen and oxygen atoms in total. The Balaban J connectivity index is 1.45. The number of amides is 1. The van der Waals surface area contributed by atoms with Crippen molar-refractivity contribution in [1.82, 2.24) is 14.9 Å². The quantitative estimate of drug-likeness (QED) is 0.599. The summed E-state index contributed by atoms with van der Waals surface area (Å²) in [6.07, 6.45) is 0. The number of hydrogen-bond acceptors (Lipinski definition) is 5. The normalized spacial score (nSPS) is 13.9. The summed E-state index contributed by atoms with van der Waals surface area (Å²) in [5.41, 5.74) is 11.4. The van der Waals surface area contributed by atoms with Crippen LogP contribution in [-0.2, 0) is 24.4 Å². The first kappa shape index (κ1) is 22.0. The molecule has 3 heterocycles. The van der Waals surface area contributed by atoms with Crippen molar-refractivity contribution < 1.29 is 9.53 Å². The maximum Gasteiger partial charge on any atom is 0.253 e. The van der Waals surface area contributed by atoms with E-state index in [1.165, 1.54) is 0 Å². The topological polar surface area (TPSA) is 85.4 Å². The van der Waals surface area contributed by atoms with Crippen molar-refractivity contribution in [2.24, 2.45) is 5.73 Å². The number of carbonyl (C=O) groups excluding carboxylic acids is 1. The third-order valence-corrected chi connectivity index (χ3v) is 5.98. The number of carbonyl (C=O) groups is 1. The molecule has 0 radical (unpaired) electrons. The molecular formula is C25H31N5O2. The summed E-state index contributed by atoms with van der Waals surface area (Å²) in [5.74, 6) is 0.911. The van der Waals surface area contributed by atoms with Gasteiger partial charge < -0.3 is 25.3 Å². The van der Waals surface area contributed by atoms with E-state index in [2.05, 4.69) is 14.8 Å². The van der Waals surface area contributed by atoms with Crippen molar-refractivity contribution in [3.63, 3.8) is 0 Å². The summed E-state index contributed by atoms with van der Waals surface area (Å²) in [4.78, 5) is 20.0. The van der Waals surface area contributed by atoms with E-state index in [9.17, 15) is 4.79 Å². The Bertz CT molecular complexity index is 1070. The van der Waals surface area contributed by atoms with E-state index >= 15 is 0 Å². The zero-order valence-corrected chi connectivity index (χ0v) is 18.8. The lowest BCUT2D eigenvalue weighted by molar-refractivity contribution is 0.0950. The predicted octanol–water partition coefficient (Wildman–Crippen LogP) is 2.77. The van der Waals surface area contributed by atoms with Gasteiger partial charge in [0.15, 0.2) is 0 Å². The Morgan fingerprint density at radius 2 is 1.81 bits per heavy atom. The number of hydrogen-bond donors (Lipinski definition) is 2. The maximum absolute atomic E-state index is 12.9. The molecule has 0 aliphatic carbocycles. The van der Waals surface area contributed by atoms with Gasteiger partial charge in [0.25, 0.3) is 5.91 Å².